The van der Waals surface area contributed by atoms with Gasteiger partial charge in [-0.25, -0.2) is 9.37 Å². The van der Waals surface area contributed by atoms with Gasteiger partial charge in [0, 0.05) is 23.5 Å². The van der Waals surface area contributed by atoms with E-state index < -0.39 is 0 Å². The predicted octanol–water partition coefficient (Wildman–Crippen LogP) is 5.22. The molecule has 1 saturated heterocycles. The maximum Gasteiger partial charge on any atom is 0.255 e. The lowest BCUT2D eigenvalue weighted by Gasteiger charge is -2.32. The molecule has 3 aromatic rings. The van der Waals surface area contributed by atoms with Gasteiger partial charge in [-0.2, -0.15) is 0 Å². The van der Waals surface area contributed by atoms with Crippen LogP contribution in [0.3, 0.4) is 0 Å². The molecular formula is C19H16BrFN2OS. The fourth-order valence-corrected chi connectivity index (χ4v) is 4.87. The van der Waals surface area contributed by atoms with Crippen LogP contribution in [-0.2, 0) is 0 Å². The maximum atomic E-state index is 13.3. The minimum Gasteiger partial charge on any atom is -0.338 e. The first kappa shape index (κ1) is 16.7. The highest BCUT2D eigenvalue weighted by atomic mass is 79.9. The molecule has 3 nitrogen and oxygen atoms in total. The molecule has 0 unspecified atom stereocenters. The highest BCUT2D eigenvalue weighted by Crippen LogP contribution is 2.33. The van der Waals surface area contributed by atoms with Gasteiger partial charge in [0.2, 0.25) is 0 Å². The third-order valence-electron chi connectivity index (χ3n) is 4.53. The SMILES string of the molecule is O=C(c1ccc(F)cc1Br)N1CCC[C@H](c2nc3ccccc3s2)C1. The second-order valence-electron chi connectivity index (χ2n) is 6.23. The summed E-state index contributed by atoms with van der Waals surface area (Å²) in [6.07, 6.45) is 1.99. The molecule has 1 amide bonds. The molecule has 25 heavy (non-hydrogen) atoms. The molecule has 1 aliphatic rings. The zero-order chi connectivity index (χ0) is 17.4. The van der Waals surface area contributed by atoms with E-state index in [0.717, 1.165) is 29.9 Å². The number of likely N-dealkylation sites (tertiary alicyclic amines) is 1. The van der Waals surface area contributed by atoms with E-state index >= 15 is 0 Å². The first-order valence-electron chi connectivity index (χ1n) is 8.21. The Balaban J connectivity index is 1.57. The van der Waals surface area contributed by atoms with E-state index in [-0.39, 0.29) is 17.6 Å². The molecule has 1 fully saturated rings. The Bertz CT molecular complexity index is 909. The Morgan fingerprint density at radius 1 is 1.28 bits per heavy atom. The van der Waals surface area contributed by atoms with Crippen LogP contribution in [0, 0.1) is 5.82 Å². The van der Waals surface area contributed by atoms with Crippen LogP contribution in [-0.4, -0.2) is 28.9 Å². The van der Waals surface area contributed by atoms with E-state index in [1.807, 2.05) is 23.1 Å². The van der Waals surface area contributed by atoms with Crippen molar-refractivity contribution in [2.24, 2.45) is 0 Å². The van der Waals surface area contributed by atoms with Crippen molar-refractivity contribution < 1.29 is 9.18 Å². The average molecular weight is 419 g/mol. The zero-order valence-electron chi connectivity index (χ0n) is 13.4. The lowest BCUT2D eigenvalue weighted by molar-refractivity contribution is 0.0706. The molecule has 128 valence electrons. The van der Waals surface area contributed by atoms with Gasteiger partial charge >= 0.3 is 0 Å². The van der Waals surface area contributed by atoms with Gasteiger partial charge in [0.25, 0.3) is 5.91 Å². The number of carbonyl (C=O) groups excluding carboxylic acids is 1. The molecule has 1 atom stereocenters. The minimum absolute atomic E-state index is 0.0577. The lowest BCUT2D eigenvalue weighted by atomic mass is 9.98. The van der Waals surface area contributed by atoms with E-state index in [2.05, 4.69) is 22.0 Å². The fourth-order valence-electron chi connectivity index (χ4n) is 3.26. The molecule has 0 N–H and O–H groups in total. The first-order chi connectivity index (χ1) is 12.1. The molecule has 6 heteroatoms. The summed E-state index contributed by atoms with van der Waals surface area (Å²) >= 11 is 5.01. The molecule has 0 aliphatic carbocycles. The Morgan fingerprint density at radius 2 is 2.12 bits per heavy atom. The van der Waals surface area contributed by atoms with E-state index in [1.165, 1.54) is 16.8 Å². The smallest absolute Gasteiger partial charge is 0.255 e. The van der Waals surface area contributed by atoms with Crippen LogP contribution < -0.4 is 0 Å². The molecule has 1 aromatic heterocycles. The number of hydrogen-bond donors (Lipinski definition) is 0. The summed E-state index contributed by atoms with van der Waals surface area (Å²) in [6.45, 7) is 1.38. The number of amides is 1. The Morgan fingerprint density at radius 3 is 2.92 bits per heavy atom. The molecule has 2 heterocycles. The number of benzene rings is 2. The molecule has 0 bridgehead atoms. The molecule has 4 rings (SSSR count). The lowest BCUT2D eigenvalue weighted by Crippen LogP contribution is -2.39. The molecular weight excluding hydrogens is 403 g/mol. The standard InChI is InChI=1S/C19H16BrFN2OS/c20-15-10-13(21)7-8-14(15)19(24)23-9-3-4-12(11-23)18-22-16-5-1-2-6-17(16)25-18/h1-2,5-8,10,12H,3-4,9,11H2/t12-/m0/s1. The van der Waals surface area contributed by atoms with E-state index in [0.29, 0.717) is 16.6 Å². The van der Waals surface area contributed by atoms with Gasteiger partial charge in [-0.3, -0.25) is 4.79 Å². The number of carbonyl (C=O) groups is 1. The summed E-state index contributed by atoms with van der Waals surface area (Å²) < 4.78 is 15.0. The number of piperidine rings is 1. The summed E-state index contributed by atoms with van der Waals surface area (Å²) in [5, 5.41) is 1.09. The summed E-state index contributed by atoms with van der Waals surface area (Å²) in [6, 6.07) is 12.3. The quantitative estimate of drug-likeness (QED) is 0.571. The van der Waals surface area contributed by atoms with Crippen molar-refractivity contribution in [3.8, 4) is 0 Å². The van der Waals surface area contributed by atoms with Crippen LogP contribution >= 0.6 is 27.3 Å². The summed E-state index contributed by atoms with van der Waals surface area (Å²) in [5.74, 6) is -0.151. The van der Waals surface area contributed by atoms with E-state index in [4.69, 9.17) is 4.98 Å². The summed E-state index contributed by atoms with van der Waals surface area (Å²) in [5.41, 5.74) is 1.53. The largest absolute Gasteiger partial charge is 0.338 e. The number of halogens is 2. The van der Waals surface area contributed by atoms with Crippen molar-refractivity contribution in [2.75, 3.05) is 13.1 Å². The number of nitrogens with zero attached hydrogens (tertiary/aromatic N) is 2. The topological polar surface area (TPSA) is 33.2 Å². The Kier molecular flexibility index (Phi) is 4.56. The number of thiazole rings is 1. The van der Waals surface area contributed by atoms with Gasteiger partial charge < -0.3 is 4.90 Å². The number of para-hydroxylation sites is 1. The highest BCUT2D eigenvalue weighted by Gasteiger charge is 2.28. The van der Waals surface area contributed by atoms with Crippen molar-refractivity contribution in [1.82, 2.24) is 9.88 Å². The highest BCUT2D eigenvalue weighted by molar-refractivity contribution is 9.10. The van der Waals surface area contributed by atoms with Crippen molar-refractivity contribution in [2.45, 2.75) is 18.8 Å². The van der Waals surface area contributed by atoms with Crippen LogP contribution in [0.5, 0.6) is 0 Å². The second kappa shape index (κ2) is 6.84. The molecule has 0 saturated carbocycles. The van der Waals surface area contributed by atoms with Gasteiger partial charge in [0.15, 0.2) is 0 Å². The molecule has 0 spiro atoms. The maximum absolute atomic E-state index is 13.3. The fraction of sp³-hybridized carbons (Fsp3) is 0.263. The third kappa shape index (κ3) is 3.33. The van der Waals surface area contributed by atoms with E-state index in [9.17, 15) is 9.18 Å². The van der Waals surface area contributed by atoms with Crippen LogP contribution in [0.1, 0.15) is 34.1 Å². The summed E-state index contributed by atoms with van der Waals surface area (Å²) in [4.78, 5) is 19.5. The van der Waals surface area contributed by atoms with Gasteiger partial charge in [-0.05, 0) is 59.1 Å². The number of aromatic nitrogens is 1. The third-order valence-corrected chi connectivity index (χ3v) is 6.38. The van der Waals surface area contributed by atoms with Gasteiger partial charge in [-0.1, -0.05) is 12.1 Å². The number of hydrogen-bond acceptors (Lipinski definition) is 3. The summed E-state index contributed by atoms with van der Waals surface area (Å²) in [7, 11) is 0. The zero-order valence-corrected chi connectivity index (χ0v) is 15.8. The van der Waals surface area contributed by atoms with Crippen LogP contribution in [0.2, 0.25) is 0 Å². The van der Waals surface area contributed by atoms with Crippen molar-refractivity contribution in [3.05, 3.63) is 63.3 Å². The molecule has 2 aromatic carbocycles. The second-order valence-corrected chi connectivity index (χ2v) is 8.15. The molecule has 1 aliphatic heterocycles. The predicted molar refractivity (Wildman–Crippen MR) is 102 cm³/mol. The Labute approximate surface area is 157 Å². The average Bonchev–Trinajstić information content (AvgIpc) is 3.05. The minimum atomic E-state index is -0.352. The van der Waals surface area contributed by atoms with Crippen LogP contribution in [0.15, 0.2) is 46.9 Å². The van der Waals surface area contributed by atoms with Crippen molar-refractivity contribution >= 4 is 43.4 Å². The monoisotopic (exact) mass is 418 g/mol. The number of rotatable bonds is 2. The van der Waals surface area contributed by atoms with Gasteiger partial charge in [0.1, 0.15) is 5.82 Å². The van der Waals surface area contributed by atoms with Gasteiger partial charge in [0.05, 0.1) is 20.8 Å². The van der Waals surface area contributed by atoms with Crippen molar-refractivity contribution in [3.63, 3.8) is 0 Å². The first-order valence-corrected chi connectivity index (χ1v) is 9.82. The number of fused-ring (bicyclic) bond motifs is 1. The Hall–Kier alpha value is -1.79. The normalized spacial score (nSPS) is 17.8. The van der Waals surface area contributed by atoms with Crippen LogP contribution in [0.25, 0.3) is 10.2 Å². The molecule has 0 radical (unpaired) electrons. The van der Waals surface area contributed by atoms with Gasteiger partial charge in [-0.15, -0.1) is 11.3 Å². The van der Waals surface area contributed by atoms with E-state index in [1.54, 1.807) is 17.4 Å². The van der Waals surface area contributed by atoms with Crippen LogP contribution in [0.4, 0.5) is 4.39 Å². The van der Waals surface area contributed by atoms with Crippen molar-refractivity contribution in [1.29, 1.82) is 0 Å².